The summed E-state index contributed by atoms with van der Waals surface area (Å²) in [6, 6.07) is 0. The maximum Gasteiger partial charge on any atom is 0.311 e. The van der Waals surface area contributed by atoms with Crippen LogP contribution in [0.4, 0.5) is 0 Å². The van der Waals surface area contributed by atoms with Crippen molar-refractivity contribution in [3.63, 3.8) is 0 Å². The fourth-order valence-corrected chi connectivity index (χ4v) is 4.21. The normalized spacial score (nSPS) is 11.5. The van der Waals surface area contributed by atoms with E-state index in [1.807, 2.05) is 12.2 Å². The fraction of sp³-hybridized carbons (Fsp3) is 0.812. The largest absolute Gasteiger partial charge is 0.435 e. The molecule has 0 heterocycles. The predicted molar refractivity (Wildman–Crippen MR) is 153 cm³/mol. The van der Waals surface area contributed by atoms with E-state index >= 15 is 0 Å². The summed E-state index contributed by atoms with van der Waals surface area (Å²) in [7, 11) is 0. The molecule has 36 heavy (non-hydrogen) atoms. The first-order valence-electron chi connectivity index (χ1n) is 15.4. The summed E-state index contributed by atoms with van der Waals surface area (Å²) in [5.41, 5.74) is 0. The summed E-state index contributed by atoms with van der Waals surface area (Å²) in [6.45, 7) is 4.51. The van der Waals surface area contributed by atoms with E-state index in [1.165, 1.54) is 128 Å². The number of rotatable bonds is 27. The second-order valence-electron chi connectivity index (χ2n) is 10.2. The van der Waals surface area contributed by atoms with Gasteiger partial charge < -0.3 is 9.47 Å². The minimum absolute atomic E-state index is 0.0493. The predicted octanol–water partition coefficient (Wildman–Crippen LogP) is 10.5. The molecule has 0 unspecified atom stereocenters. The van der Waals surface area contributed by atoms with Crippen LogP contribution in [0.1, 0.15) is 168 Å². The molecule has 0 N–H and O–H groups in total. The third kappa shape index (κ3) is 28.7. The number of hydrogen-bond donors (Lipinski definition) is 0. The van der Waals surface area contributed by atoms with Crippen LogP contribution in [0.5, 0.6) is 0 Å². The first kappa shape index (κ1) is 34.4. The van der Waals surface area contributed by atoms with Crippen molar-refractivity contribution in [2.45, 2.75) is 168 Å². The van der Waals surface area contributed by atoms with Gasteiger partial charge in [0.15, 0.2) is 0 Å². The molecule has 0 saturated heterocycles. The van der Waals surface area contributed by atoms with Gasteiger partial charge in [-0.05, 0) is 37.8 Å². The Hall–Kier alpha value is -1.58. The molecule has 0 aliphatic rings. The number of unbranched alkanes of at least 4 members (excludes halogenated alkanes) is 20. The molecule has 4 nitrogen and oxygen atoms in total. The molecule has 0 fully saturated rings. The van der Waals surface area contributed by atoms with Gasteiger partial charge in [0.1, 0.15) is 0 Å². The Morgan fingerprint density at radius 2 is 0.722 bits per heavy atom. The molecule has 0 radical (unpaired) electrons. The maximum absolute atomic E-state index is 11.7. The molecule has 0 aromatic rings. The zero-order valence-electron chi connectivity index (χ0n) is 23.9. The molecule has 0 rings (SSSR count). The number of hydrogen-bond acceptors (Lipinski definition) is 4. The van der Waals surface area contributed by atoms with E-state index < -0.39 is 0 Å². The van der Waals surface area contributed by atoms with Gasteiger partial charge in [-0.1, -0.05) is 129 Å². The quantitative estimate of drug-likeness (QED) is 0.0631. The monoisotopic (exact) mass is 506 g/mol. The van der Waals surface area contributed by atoms with Crippen LogP contribution in [0, 0.1) is 0 Å². The minimum atomic E-state index is -0.388. The molecular weight excluding hydrogens is 448 g/mol. The van der Waals surface area contributed by atoms with Gasteiger partial charge in [0.05, 0.1) is 25.4 Å². The average molecular weight is 507 g/mol. The van der Waals surface area contributed by atoms with Crippen LogP contribution in [0.15, 0.2) is 24.7 Å². The van der Waals surface area contributed by atoms with Gasteiger partial charge >= 0.3 is 11.9 Å². The van der Waals surface area contributed by atoms with E-state index in [-0.39, 0.29) is 24.8 Å². The number of carbonyl (C=O) groups is 2. The summed E-state index contributed by atoms with van der Waals surface area (Å²) < 4.78 is 10.1. The maximum atomic E-state index is 11.7. The Morgan fingerprint density at radius 3 is 1.03 bits per heavy atom. The van der Waals surface area contributed by atoms with Gasteiger partial charge in [-0.2, -0.15) is 0 Å². The fourth-order valence-electron chi connectivity index (χ4n) is 4.21. The minimum Gasteiger partial charge on any atom is -0.435 e. The molecule has 0 aromatic carbocycles. The van der Waals surface area contributed by atoms with Crippen LogP contribution in [-0.2, 0) is 19.1 Å². The highest BCUT2D eigenvalue weighted by Crippen LogP contribution is 2.12. The Kier molecular flexibility index (Phi) is 28.3. The van der Waals surface area contributed by atoms with E-state index in [4.69, 9.17) is 9.47 Å². The SMILES string of the molecule is CCCCCCCCCCCCC=COC(=O)CCC(=O)OC=CCCCCCCCCCCCC. The number of esters is 2. The average Bonchev–Trinajstić information content (AvgIpc) is 2.88. The molecule has 0 aliphatic heterocycles. The lowest BCUT2D eigenvalue weighted by Gasteiger charge is -2.02. The molecule has 0 aliphatic carbocycles. The summed E-state index contributed by atoms with van der Waals surface area (Å²) >= 11 is 0. The highest BCUT2D eigenvalue weighted by Gasteiger charge is 2.07. The Bertz CT molecular complexity index is 490. The molecule has 4 heteroatoms. The van der Waals surface area contributed by atoms with Crippen LogP contribution in [0.2, 0.25) is 0 Å². The summed E-state index contributed by atoms with van der Waals surface area (Å²) in [5.74, 6) is -0.777. The number of ether oxygens (including phenoxy) is 2. The van der Waals surface area contributed by atoms with Gasteiger partial charge in [-0.3, -0.25) is 9.59 Å². The van der Waals surface area contributed by atoms with Crippen LogP contribution in [0.3, 0.4) is 0 Å². The smallest absolute Gasteiger partial charge is 0.311 e. The van der Waals surface area contributed by atoms with Crippen molar-refractivity contribution >= 4 is 11.9 Å². The molecule has 0 saturated carbocycles. The molecular formula is C32H58O4. The summed E-state index contributed by atoms with van der Waals surface area (Å²) in [6.07, 6.45) is 35.0. The zero-order valence-corrected chi connectivity index (χ0v) is 23.9. The third-order valence-electron chi connectivity index (χ3n) is 6.57. The van der Waals surface area contributed by atoms with Crippen LogP contribution in [-0.4, -0.2) is 11.9 Å². The molecule has 210 valence electrons. The topological polar surface area (TPSA) is 52.6 Å². The molecule has 0 aromatic heterocycles. The van der Waals surface area contributed by atoms with Crippen molar-refractivity contribution in [2.24, 2.45) is 0 Å². The Morgan fingerprint density at radius 1 is 0.444 bits per heavy atom. The van der Waals surface area contributed by atoms with Crippen LogP contribution in [0.25, 0.3) is 0 Å². The Balaban J connectivity index is 3.43. The van der Waals surface area contributed by atoms with E-state index in [1.54, 1.807) is 0 Å². The number of carbonyl (C=O) groups excluding carboxylic acids is 2. The van der Waals surface area contributed by atoms with Crippen molar-refractivity contribution in [1.29, 1.82) is 0 Å². The lowest BCUT2D eigenvalue weighted by Crippen LogP contribution is -2.06. The molecule has 0 bridgehead atoms. The summed E-state index contributed by atoms with van der Waals surface area (Å²) in [4.78, 5) is 23.5. The van der Waals surface area contributed by atoms with Crippen molar-refractivity contribution in [1.82, 2.24) is 0 Å². The van der Waals surface area contributed by atoms with E-state index in [0.29, 0.717) is 0 Å². The van der Waals surface area contributed by atoms with Gasteiger partial charge in [0.25, 0.3) is 0 Å². The van der Waals surface area contributed by atoms with E-state index in [0.717, 1.165) is 25.7 Å². The van der Waals surface area contributed by atoms with E-state index in [2.05, 4.69) is 13.8 Å². The molecule has 0 spiro atoms. The second kappa shape index (κ2) is 29.6. The first-order valence-corrected chi connectivity index (χ1v) is 15.4. The van der Waals surface area contributed by atoms with Gasteiger partial charge in [0, 0.05) is 0 Å². The Labute approximate surface area is 223 Å². The van der Waals surface area contributed by atoms with Crippen molar-refractivity contribution < 1.29 is 19.1 Å². The highest BCUT2D eigenvalue weighted by molar-refractivity contribution is 5.78. The van der Waals surface area contributed by atoms with Crippen molar-refractivity contribution in [3.05, 3.63) is 24.7 Å². The van der Waals surface area contributed by atoms with Crippen molar-refractivity contribution in [3.8, 4) is 0 Å². The highest BCUT2D eigenvalue weighted by atomic mass is 16.5. The summed E-state index contributed by atoms with van der Waals surface area (Å²) in [5, 5.41) is 0. The van der Waals surface area contributed by atoms with Crippen LogP contribution >= 0.6 is 0 Å². The lowest BCUT2D eigenvalue weighted by molar-refractivity contribution is -0.144. The van der Waals surface area contributed by atoms with E-state index in [9.17, 15) is 9.59 Å². The standard InChI is InChI=1S/C32H58O4/c1-3-5-7-9-11-13-15-17-19-21-23-25-29-35-31(33)27-28-32(34)36-30-26-24-22-20-18-16-14-12-10-8-6-4-2/h25-26,29-30H,3-24,27-28H2,1-2H3. The van der Waals surface area contributed by atoms with Gasteiger partial charge in [-0.25, -0.2) is 0 Å². The van der Waals surface area contributed by atoms with Crippen LogP contribution < -0.4 is 0 Å². The second-order valence-corrected chi connectivity index (χ2v) is 10.2. The molecule has 0 atom stereocenters. The third-order valence-corrected chi connectivity index (χ3v) is 6.57. The lowest BCUT2D eigenvalue weighted by atomic mass is 10.1. The first-order chi connectivity index (χ1) is 17.7. The van der Waals surface area contributed by atoms with Gasteiger partial charge in [0.2, 0.25) is 0 Å². The van der Waals surface area contributed by atoms with Crippen molar-refractivity contribution in [2.75, 3.05) is 0 Å². The zero-order chi connectivity index (χ0) is 26.4. The number of allylic oxidation sites excluding steroid dienone is 2. The molecule has 0 amide bonds. The van der Waals surface area contributed by atoms with Gasteiger partial charge in [-0.15, -0.1) is 0 Å².